The number of hydrogen-bond acceptors (Lipinski definition) is 6. The summed E-state index contributed by atoms with van der Waals surface area (Å²) in [6.45, 7) is 5.44. The molecule has 210 valence electrons. The van der Waals surface area contributed by atoms with Gasteiger partial charge < -0.3 is 24.5 Å². The first-order valence-corrected chi connectivity index (χ1v) is 13.7. The zero-order chi connectivity index (χ0) is 28.3. The second-order valence-electron chi connectivity index (χ2n) is 10.6. The molecule has 1 atom stereocenters. The molecule has 0 spiro atoms. The molecule has 2 aliphatic rings. The maximum absolute atomic E-state index is 12.6. The first-order valence-electron chi connectivity index (χ1n) is 13.7. The smallest absolute Gasteiger partial charge is 0.407 e. The van der Waals surface area contributed by atoms with Crippen LogP contribution in [0.4, 0.5) is 4.79 Å². The maximum atomic E-state index is 12.6. The number of alkyl carbamates (subject to hydrolysis) is 1. The fourth-order valence-corrected chi connectivity index (χ4v) is 6.09. The van der Waals surface area contributed by atoms with Gasteiger partial charge in [0.1, 0.15) is 6.61 Å². The number of aromatic nitrogens is 1. The summed E-state index contributed by atoms with van der Waals surface area (Å²) in [6, 6.07) is 13.7. The van der Waals surface area contributed by atoms with Gasteiger partial charge >= 0.3 is 6.09 Å². The Morgan fingerprint density at radius 3 is 2.45 bits per heavy atom. The molecule has 2 heterocycles. The van der Waals surface area contributed by atoms with Crippen molar-refractivity contribution >= 4 is 22.8 Å². The molecule has 8 heteroatoms. The lowest BCUT2D eigenvalue weighted by molar-refractivity contribution is -0.114. The van der Waals surface area contributed by atoms with Crippen molar-refractivity contribution in [2.75, 3.05) is 27.3 Å². The van der Waals surface area contributed by atoms with E-state index in [0.717, 1.165) is 59.2 Å². The summed E-state index contributed by atoms with van der Waals surface area (Å²) in [5.41, 5.74) is 4.33. The van der Waals surface area contributed by atoms with E-state index >= 15 is 0 Å². The number of amides is 1. The van der Waals surface area contributed by atoms with Crippen LogP contribution in [0.3, 0.4) is 0 Å². The summed E-state index contributed by atoms with van der Waals surface area (Å²) in [5, 5.41) is 4.08. The van der Waals surface area contributed by atoms with Gasteiger partial charge in [-0.3, -0.25) is 9.69 Å². The fraction of sp³-hybridized carbons (Fsp3) is 0.375. The molecule has 0 radical (unpaired) electrons. The topological polar surface area (TPSA) is 92.9 Å². The largest absolute Gasteiger partial charge is 0.493 e. The monoisotopic (exact) mass is 543 g/mol. The first-order chi connectivity index (χ1) is 19.3. The highest BCUT2D eigenvalue weighted by Gasteiger charge is 2.43. The van der Waals surface area contributed by atoms with Gasteiger partial charge in [-0.25, -0.2) is 4.79 Å². The number of benzene rings is 2. The lowest BCUT2D eigenvalue weighted by Gasteiger charge is -2.47. The van der Waals surface area contributed by atoms with E-state index in [-0.39, 0.29) is 18.4 Å². The molecule has 0 bridgehead atoms. The Hall–Kier alpha value is -4.04. The molecule has 8 nitrogen and oxygen atoms in total. The Labute approximate surface area is 235 Å². The van der Waals surface area contributed by atoms with E-state index in [1.165, 1.54) is 0 Å². The number of allylic oxidation sites excluding steroid dienone is 2. The Bertz CT molecular complexity index is 1450. The Balaban J connectivity index is 1.39. The molecule has 1 amide bonds. The van der Waals surface area contributed by atoms with Crippen LogP contribution in [0.1, 0.15) is 43.0 Å². The fourth-order valence-electron chi connectivity index (χ4n) is 6.09. The number of likely N-dealkylation sites (tertiary alicyclic amines) is 1. The molecule has 1 saturated heterocycles. The van der Waals surface area contributed by atoms with E-state index < -0.39 is 11.6 Å². The van der Waals surface area contributed by atoms with Crippen molar-refractivity contribution in [2.24, 2.45) is 0 Å². The average molecular weight is 544 g/mol. The summed E-state index contributed by atoms with van der Waals surface area (Å²) >= 11 is 0. The van der Waals surface area contributed by atoms with Gasteiger partial charge in [-0.1, -0.05) is 48.6 Å². The quantitative estimate of drug-likeness (QED) is 0.387. The Kier molecular flexibility index (Phi) is 7.98. The number of H-pyrrole nitrogens is 1. The summed E-state index contributed by atoms with van der Waals surface area (Å²) in [7, 11) is 3.27. The number of aromatic amines is 1. The van der Waals surface area contributed by atoms with Crippen LogP contribution < -0.4 is 14.8 Å². The highest BCUT2D eigenvalue weighted by molar-refractivity contribution is 5.95. The van der Waals surface area contributed by atoms with Gasteiger partial charge in [0.15, 0.2) is 17.3 Å². The lowest BCUT2D eigenvalue weighted by Crippen LogP contribution is -2.53. The van der Waals surface area contributed by atoms with Gasteiger partial charge in [0.25, 0.3) is 0 Å². The Morgan fingerprint density at radius 2 is 1.77 bits per heavy atom. The zero-order valence-corrected chi connectivity index (χ0v) is 23.6. The van der Waals surface area contributed by atoms with Crippen LogP contribution in [0.2, 0.25) is 0 Å². The van der Waals surface area contributed by atoms with Gasteiger partial charge in [0.2, 0.25) is 0 Å². The van der Waals surface area contributed by atoms with Crippen molar-refractivity contribution < 1.29 is 23.8 Å². The number of methoxy groups -OCH3 is 2. The standard InChI is InChI=1S/C32H37N3O5/c1-21-30(26-17-28(38-3)29(39-4)18-27(26)33-21)32(14-8-11-24(19-32)22(2)36)35-15-12-25(13-16-35)34-31(37)40-20-23-9-6-5-7-10-23/h5-11,14,17-18,25,33H,12-13,15-16,19-20H2,1-4H3,(H,34,37). The predicted molar refractivity (Wildman–Crippen MR) is 155 cm³/mol. The highest BCUT2D eigenvalue weighted by atomic mass is 16.5. The Morgan fingerprint density at radius 1 is 1.07 bits per heavy atom. The molecule has 2 aromatic carbocycles. The number of ether oxygens (including phenoxy) is 3. The summed E-state index contributed by atoms with van der Waals surface area (Å²) in [6.07, 6.45) is 7.85. The molecule has 1 aromatic heterocycles. The first kappa shape index (κ1) is 27.5. The number of nitrogens with zero attached hydrogens (tertiary/aromatic N) is 1. The second-order valence-corrected chi connectivity index (χ2v) is 10.6. The molecule has 5 rings (SSSR count). The predicted octanol–water partition coefficient (Wildman–Crippen LogP) is 5.55. The number of ketones is 1. The van der Waals surface area contributed by atoms with Crippen LogP contribution in [-0.2, 0) is 21.7 Å². The van der Waals surface area contributed by atoms with Crippen molar-refractivity contribution in [1.29, 1.82) is 0 Å². The second kappa shape index (κ2) is 11.6. The summed E-state index contributed by atoms with van der Waals surface area (Å²) < 4.78 is 16.6. The van der Waals surface area contributed by atoms with E-state index in [0.29, 0.717) is 17.9 Å². The van der Waals surface area contributed by atoms with E-state index in [9.17, 15) is 9.59 Å². The van der Waals surface area contributed by atoms with E-state index in [1.807, 2.05) is 54.6 Å². The molecule has 1 unspecified atom stereocenters. The van der Waals surface area contributed by atoms with Crippen LogP contribution in [-0.4, -0.2) is 55.1 Å². The molecule has 1 aliphatic carbocycles. The van der Waals surface area contributed by atoms with Gasteiger partial charge in [-0.2, -0.15) is 0 Å². The average Bonchev–Trinajstić information content (AvgIpc) is 3.31. The van der Waals surface area contributed by atoms with Crippen molar-refractivity contribution in [2.45, 2.75) is 51.3 Å². The SMILES string of the molecule is COc1cc2[nH]c(C)c(C3(N4CCC(NC(=O)OCc5ccccc5)CC4)C=CC=C(C(C)=O)C3)c2cc1OC. The minimum atomic E-state index is -0.531. The molecule has 40 heavy (non-hydrogen) atoms. The lowest BCUT2D eigenvalue weighted by atomic mass is 9.76. The van der Waals surface area contributed by atoms with Crippen molar-refractivity contribution in [3.63, 3.8) is 0 Å². The minimum Gasteiger partial charge on any atom is -0.493 e. The van der Waals surface area contributed by atoms with Crippen LogP contribution in [0.15, 0.2) is 66.3 Å². The number of piperidine rings is 1. The zero-order valence-electron chi connectivity index (χ0n) is 23.6. The molecule has 1 aliphatic heterocycles. The number of aryl methyl sites for hydroxylation is 1. The number of rotatable bonds is 8. The molecule has 1 fully saturated rings. The van der Waals surface area contributed by atoms with Crippen LogP contribution in [0.25, 0.3) is 10.9 Å². The minimum absolute atomic E-state index is 0.0142. The number of hydrogen-bond donors (Lipinski definition) is 2. The molecular formula is C32H37N3O5. The number of carbonyl (C=O) groups excluding carboxylic acids is 2. The van der Waals surface area contributed by atoms with Crippen molar-refractivity contribution in [1.82, 2.24) is 15.2 Å². The van der Waals surface area contributed by atoms with E-state index in [1.54, 1.807) is 21.1 Å². The third-order valence-electron chi connectivity index (χ3n) is 8.10. The third kappa shape index (κ3) is 5.36. The molecule has 2 N–H and O–H groups in total. The summed E-state index contributed by atoms with van der Waals surface area (Å²) in [5.74, 6) is 1.39. The molecule has 3 aromatic rings. The van der Waals surface area contributed by atoms with Crippen LogP contribution >= 0.6 is 0 Å². The van der Waals surface area contributed by atoms with Crippen molar-refractivity contribution in [3.05, 3.63) is 83.1 Å². The number of Topliss-reactive ketones (excluding diaryl/α,β-unsaturated/α-hetero) is 1. The van der Waals surface area contributed by atoms with Gasteiger partial charge in [0.05, 0.1) is 19.8 Å². The van der Waals surface area contributed by atoms with Gasteiger partial charge in [-0.05, 0) is 43.9 Å². The van der Waals surface area contributed by atoms with Crippen LogP contribution in [0, 0.1) is 6.92 Å². The van der Waals surface area contributed by atoms with Gasteiger partial charge in [-0.15, -0.1) is 0 Å². The molecular weight excluding hydrogens is 506 g/mol. The normalized spacial score (nSPS) is 19.8. The number of fused-ring (bicyclic) bond motifs is 1. The highest BCUT2D eigenvalue weighted by Crippen LogP contribution is 2.47. The summed E-state index contributed by atoms with van der Waals surface area (Å²) in [4.78, 5) is 31.1. The van der Waals surface area contributed by atoms with Crippen LogP contribution in [0.5, 0.6) is 11.5 Å². The van der Waals surface area contributed by atoms with E-state index in [2.05, 4.69) is 28.2 Å². The van der Waals surface area contributed by atoms with Crippen molar-refractivity contribution in [3.8, 4) is 11.5 Å². The number of carbonyl (C=O) groups is 2. The molecule has 0 saturated carbocycles. The van der Waals surface area contributed by atoms with Gasteiger partial charge in [0, 0.05) is 53.8 Å². The van der Waals surface area contributed by atoms with E-state index in [4.69, 9.17) is 14.2 Å². The third-order valence-corrected chi connectivity index (χ3v) is 8.10. The maximum Gasteiger partial charge on any atom is 0.407 e. The number of nitrogens with one attached hydrogen (secondary N) is 2.